The average Bonchev–Trinajstić information content (AvgIpc) is 2.61. The van der Waals surface area contributed by atoms with Gasteiger partial charge in [0.05, 0.1) is 0 Å². The van der Waals surface area contributed by atoms with Gasteiger partial charge < -0.3 is 0 Å². The fraction of sp³-hybridized carbons (Fsp3) is 0.700. The van der Waals surface area contributed by atoms with Crippen molar-refractivity contribution in [2.45, 2.75) is 36.9 Å². The highest BCUT2D eigenvalue weighted by Gasteiger charge is 2.28. The smallest absolute Gasteiger partial charge is 0.0409 e. The van der Waals surface area contributed by atoms with Crippen LogP contribution in [0.25, 0.3) is 0 Å². The molecule has 0 N–H and O–H groups in total. The van der Waals surface area contributed by atoms with E-state index >= 15 is 0 Å². The highest BCUT2D eigenvalue weighted by Crippen LogP contribution is 2.41. The standard InChI is InChI=1S/C10H14BrNS/c1-7-2-3-8(11)6-9(7)10-4-5-12-13-10/h4-5,7-9H,2-3,6H2,1H3. The van der Waals surface area contributed by atoms with E-state index in [1.807, 2.05) is 6.20 Å². The van der Waals surface area contributed by atoms with Gasteiger partial charge in [0.1, 0.15) is 0 Å². The van der Waals surface area contributed by atoms with Crippen molar-refractivity contribution in [1.29, 1.82) is 0 Å². The zero-order valence-electron chi connectivity index (χ0n) is 7.74. The summed E-state index contributed by atoms with van der Waals surface area (Å²) in [5.74, 6) is 1.57. The molecule has 1 aliphatic rings. The molecule has 3 atom stereocenters. The molecule has 1 saturated carbocycles. The molecular weight excluding hydrogens is 246 g/mol. The summed E-state index contributed by atoms with van der Waals surface area (Å²) in [6, 6.07) is 2.18. The lowest BCUT2D eigenvalue weighted by Gasteiger charge is -2.30. The molecule has 1 nitrogen and oxygen atoms in total. The van der Waals surface area contributed by atoms with Gasteiger partial charge in [-0.25, -0.2) is 4.37 Å². The van der Waals surface area contributed by atoms with Crippen LogP contribution in [0.2, 0.25) is 0 Å². The Morgan fingerprint density at radius 1 is 1.54 bits per heavy atom. The van der Waals surface area contributed by atoms with Gasteiger partial charge in [0.2, 0.25) is 0 Å². The van der Waals surface area contributed by atoms with Crippen LogP contribution in [0.15, 0.2) is 12.3 Å². The summed E-state index contributed by atoms with van der Waals surface area (Å²) in [5, 5.41) is 0. The monoisotopic (exact) mass is 259 g/mol. The zero-order chi connectivity index (χ0) is 9.26. The third-order valence-electron chi connectivity index (χ3n) is 2.96. The third kappa shape index (κ3) is 2.13. The average molecular weight is 260 g/mol. The van der Waals surface area contributed by atoms with E-state index in [2.05, 4.69) is 33.3 Å². The fourth-order valence-corrected chi connectivity index (χ4v) is 3.58. The Kier molecular flexibility index (Phi) is 3.04. The Labute approximate surface area is 91.8 Å². The summed E-state index contributed by atoms with van der Waals surface area (Å²) in [6.45, 7) is 2.36. The van der Waals surface area contributed by atoms with E-state index in [9.17, 15) is 0 Å². The SMILES string of the molecule is CC1CCC(Br)CC1c1ccns1. The van der Waals surface area contributed by atoms with Gasteiger partial charge in [0.15, 0.2) is 0 Å². The van der Waals surface area contributed by atoms with Crippen LogP contribution in [-0.2, 0) is 0 Å². The van der Waals surface area contributed by atoms with Crippen molar-refractivity contribution in [2.75, 3.05) is 0 Å². The van der Waals surface area contributed by atoms with Gasteiger partial charge in [-0.2, -0.15) is 0 Å². The first-order valence-corrected chi connectivity index (χ1v) is 6.51. The lowest BCUT2D eigenvalue weighted by atomic mass is 9.79. The van der Waals surface area contributed by atoms with Crippen LogP contribution in [0.4, 0.5) is 0 Å². The molecule has 3 unspecified atom stereocenters. The highest BCUT2D eigenvalue weighted by molar-refractivity contribution is 9.09. The normalized spacial score (nSPS) is 34.8. The Morgan fingerprint density at radius 2 is 2.38 bits per heavy atom. The maximum absolute atomic E-state index is 4.18. The van der Waals surface area contributed by atoms with Crippen LogP contribution in [0.1, 0.15) is 37.0 Å². The van der Waals surface area contributed by atoms with E-state index in [0.717, 1.165) is 16.7 Å². The van der Waals surface area contributed by atoms with Crippen LogP contribution < -0.4 is 0 Å². The second-order valence-corrected chi connectivity index (χ2v) is 6.07. The van der Waals surface area contributed by atoms with Crippen LogP contribution in [0, 0.1) is 5.92 Å². The summed E-state index contributed by atoms with van der Waals surface area (Å²) in [4.78, 5) is 2.19. The van der Waals surface area contributed by atoms with Crippen molar-refractivity contribution in [2.24, 2.45) is 5.92 Å². The molecule has 13 heavy (non-hydrogen) atoms. The van der Waals surface area contributed by atoms with Gasteiger partial charge in [-0.3, -0.25) is 0 Å². The van der Waals surface area contributed by atoms with Gasteiger partial charge >= 0.3 is 0 Å². The van der Waals surface area contributed by atoms with Crippen molar-refractivity contribution in [3.8, 4) is 0 Å². The van der Waals surface area contributed by atoms with Crippen molar-refractivity contribution < 1.29 is 0 Å². The molecule has 1 heterocycles. The number of hydrogen-bond donors (Lipinski definition) is 0. The summed E-state index contributed by atoms with van der Waals surface area (Å²) >= 11 is 5.39. The lowest BCUT2D eigenvalue weighted by molar-refractivity contribution is 0.344. The number of aromatic nitrogens is 1. The largest absolute Gasteiger partial charge is 0.201 e. The number of nitrogens with zero attached hydrogens (tertiary/aromatic N) is 1. The molecular formula is C10H14BrNS. The van der Waals surface area contributed by atoms with Crippen LogP contribution in [0.5, 0.6) is 0 Å². The molecule has 0 saturated heterocycles. The number of hydrogen-bond acceptors (Lipinski definition) is 2. The zero-order valence-corrected chi connectivity index (χ0v) is 10.1. The van der Waals surface area contributed by atoms with E-state index in [1.54, 1.807) is 11.5 Å². The van der Waals surface area contributed by atoms with Crippen molar-refractivity contribution >= 4 is 27.5 Å². The molecule has 72 valence electrons. The molecule has 1 aromatic heterocycles. The Bertz CT molecular complexity index is 260. The summed E-state index contributed by atoms with van der Waals surface area (Å²) in [7, 11) is 0. The number of alkyl halides is 1. The van der Waals surface area contributed by atoms with Crippen molar-refractivity contribution in [1.82, 2.24) is 4.37 Å². The molecule has 2 rings (SSSR count). The van der Waals surface area contributed by atoms with E-state index in [0.29, 0.717) is 0 Å². The van der Waals surface area contributed by atoms with Crippen LogP contribution >= 0.6 is 27.5 Å². The third-order valence-corrected chi connectivity index (χ3v) is 4.66. The van der Waals surface area contributed by atoms with Gasteiger partial charge in [0.25, 0.3) is 0 Å². The molecule has 1 fully saturated rings. The minimum atomic E-state index is 0.718. The van der Waals surface area contributed by atoms with Crippen molar-refractivity contribution in [3.05, 3.63) is 17.1 Å². The molecule has 1 aliphatic carbocycles. The summed E-state index contributed by atoms with van der Waals surface area (Å²) < 4.78 is 4.18. The molecule has 0 spiro atoms. The topological polar surface area (TPSA) is 12.9 Å². The molecule has 0 radical (unpaired) electrons. The van der Waals surface area contributed by atoms with E-state index < -0.39 is 0 Å². The summed E-state index contributed by atoms with van der Waals surface area (Å²) in [6.07, 6.45) is 5.88. The van der Waals surface area contributed by atoms with E-state index in [4.69, 9.17) is 0 Å². The predicted molar refractivity (Wildman–Crippen MR) is 60.6 cm³/mol. The summed E-state index contributed by atoms with van der Waals surface area (Å²) in [5.41, 5.74) is 0. The minimum absolute atomic E-state index is 0.718. The van der Waals surface area contributed by atoms with Crippen molar-refractivity contribution in [3.63, 3.8) is 0 Å². The molecule has 1 aromatic rings. The first kappa shape index (κ1) is 9.66. The van der Waals surface area contributed by atoms with Gasteiger partial charge in [-0.15, -0.1) is 0 Å². The molecule has 0 bridgehead atoms. The number of rotatable bonds is 1. The maximum atomic E-state index is 4.18. The predicted octanol–water partition coefficient (Wildman–Crippen LogP) is 3.81. The fourth-order valence-electron chi connectivity index (χ4n) is 2.08. The Hall–Kier alpha value is 0.110. The molecule has 3 heteroatoms. The quantitative estimate of drug-likeness (QED) is 0.700. The Balaban J connectivity index is 2.12. The maximum Gasteiger partial charge on any atom is 0.0409 e. The molecule has 0 aromatic carbocycles. The van der Waals surface area contributed by atoms with Crippen LogP contribution in [0.3, 0.4) is 0 Å². The molecule has 0 aliphatic heterocycles. The van der Waals surface area contributed by atoms with E-state index in [1.165, 1.54) is 24.1 Å². The highest BCUT2D eigenvalue weighted by atomic mass is 79.9. The van der Waals surface area contributed by atoms with E-state index in [-0.39, 0.29) is 0 Å². The van der Waals surface area contributed by atoms with Gasteiger partial charge in [-0.05, 0) is 48.7 Å². The minimum Gasteiger partial charge on any atom is -0.201 e. The second kappa shape index (κ2) is 4.09. The first-order valence-electron chi connectivity index (χ1n) is 4.82. The second-order valence-electron chi connectivity index (χ2n) is 3.91. The number of halogens is 1. The first-order chi connectivity index (χ1) is 6.27. The van der Waals surface area contributed by atoms with Gasteiger partial charge in [0, 0.05) is 15.9 Å². The van der Waals surface area contributed by atoms with Crippen LogP contribution in [-0.4, -0.2) is 9.20 Å². The lowest BCUT2D eigenvalue weighted by Crippen LogP contribution is -2.20. The van der Waals surface area contributed by atoms with Gasteiger partial charge in [-0.1, -0.05) is 22.9 Å². The molecule has 0 amide bonds. The Morgan fingerprint density at radius 3 is 3.08 bits per heavy atom.